The third-order valence-corrected chi connectivity index (χ3v) is 5.18. The van der Waals surface area contributed by atoms with Crippen molar-refractivity contribution in [3.8, 4) is 11.5 Å². The molecule has 0 amide bonds. The lowest BCUT2D eigenvalue weighted by molar-refractivity contribution is 0.623. The van der Waals surface area contributed by atoms with Crippen LogP contribution in [0.2, 0.25) is 0 Å². The van der Waals surface area contributed by atoms with Gasteiger partial charge >= 0.3 is 0 Å². The van der Waals surface area contributed by atoms with E-state index in [1.54, 1.807) is 0 Å². The number of aryl methyl sites for hydroxylation is 2. The van der Waals surface area contributed by atoms with Crippen LogP contribution in [0.25, 0.3) is 22.6 Å². The summed E-state index contributed by atoms with van der Waals surface area (Å²) in [6.07, 6.45) is 0. The third kappa shape index (κ3) is 3.58. The number of fused-ring (bicyclic) bond motifs is 1. The number of benzene rings is 2. The minimum Gasteiger partial charge on any atom is -0.320 e. The van der Waals surface area contributed by atoms with Crippen molar-refractivity contribution >= 4 is 22.4 Å². The molecule has 4 nitrogen and oxygen atoms in total. The fourth-order valence-corrected chi connectivity index (χ4v) is 3.72. The second kappa shape index (κ2) is 7.63. The first kappa shape index (κ1) is 19.1. The summed E-state index contributed by atoms with van der Waals surface area (Å²) in [7, 11) is 0. The maximum absolute atomic E-state index is 4.92. The van der Waals surface area contributed by atoms with Gasteiger partial charge in [-0.05, 0) is 70.0 Å². The number of rotatable bonds is 4. The van der Waals surface area contributed by atoms with Crippen molar-refractivity contribution in [3.63, 3.8) is 0 Å². The van der Waals surface area contributed by atoms with Gasteiger partial charge in [-0.25, -0.2) is 9.97 Å². The molecule has 2 heterocycles. The fraction of sp³-hybridized carbons (Fsp3) is 0.240. The van der Waals surface area contributed by atoms with Crippen molar-refractivity contribution in [1.29, 1.82) is 0 Å². The Morgan fingerprint density at radius 3 is 2.28 bits per heavy atom. The molecule has 0 unspecified atom stereocenters. The Morgan fingerprint density at radius 1 is 0.862 bits per heavy atom. The highest BCUT2D eigenvalue weighted by Crippen LogP contribution is 2.28. The molecule has 0 bridgehead atoms. The van der Waals surface area contributed by atoms with Gasteiger partial charge in [0.05, 0.1) is 28.1 Å². The molecule has 0 fully saturated rings. The lowest BCUT2D eigenvalue weighted by Crippen LogP contribution is -2.06. The third-order valence-electron chi connectivity index (χ3n) is 5.18. The molecular formula is C25H26N4. The average Bonchev–Trinajstić information content (AvgIpc) is 3.11. The van der Waals surface area contributed by atoms with Crippen LogP contribution in [0, 0.1) is 13.8 Å². The Morgan fingerprint density at radius 2 is 1.55 bits per heavy atom. The van der Waals surface area contributed by atoms with E-state index in [1.807, 2.05) is 31.2 Å². The van der Waals surface area contributed by atoms with Crippen LogP contribution in [-0.4, -0.2) is 20.2 Å². The number of hydrogen-bond donors (Lipinski definition) is 0. The fourth-order valence-electron chi connectivity index (χ4n) is 3.72. The Bertz CT molecular complexity index is 1190. The average molecular weight is 383 g/mol. The van der Waals surface area contributed by atoms with Crippen molar-refractivity contribution in [2.45, 2.75) is 40.7 Å². The zero-order valence-electron chi connectivity index (χ0n) is 17.6. The van der Waals surface area contributed by atoms with E-state index in [0.29, 0.717) is 0 Å². The second-order valence-electron chi connectivity index (χ2n) is 7.73. The summed E-state index contributed by atoms with van der Waals surface area (Å²) in [5, 5.41) is 0. The van der Waals surface area contributed by atoms with Gasteiger partial charge in [-0.3, -0.25) is 4.99 Å². The molecule has 0 aliphatic heterocycles. The Kier molecular flexibility index (Phi) is 5.01. The summed E-state index contributed by atoms with van der Waals surface area (Å²) in [5.41, 5.74) is 8.11. The zero-order valence-corrected chi connectivity index (χ0v) is 17.6. The summed E-state index contributed by atoms with van der Waals surface area (Å²) >= 11 is 0. The predicted molar refractivity (Wildman–Crippen MR) is 121 cm³/mol. The van der Waals surface area contributed by atoms with E-state index in [2.05, 4.69) is 68.7 Å². The molecule has 146 valence electrons. The molecule has 4 heteroatoms. The van der Waals surface area contributed by atoms with E-state index in [9.17, 15) is 0 Å². The molecule has 29 heavy (non-hydrogen) atoms. The van der Waals surface area contributed by atoms with Crippen LogP contribution >= 0.6 is 0 Å². The summed E-state index contributed by atoms with van der Waals surface area (Å²) in [6.45, 7) is 10.6. The van der Waals surface area contributed by atoms with Gasteiger partial charge in [-0.2, -0.15) is 0 Å². The van der Waals surface area contributed by atoms with Gasteiger partial charge in [0.2, 0.25) is 0 Å². The maximum Gasteiger partial charge on any atom is 0.160 e. The molecule has 4 aromatic rings. The number of imidazole rings is 1. The van der Waals surface area contributed by atoms with Gasteiger partial charge in [0.1, 0.15) is 5.69 Å². The van der Waals surface area contributed by atoms with E-state index >= 15 is 0 Å². The van der Waals surface area contributed by atoms with Crippen LogP contribution in [0.3, 0.4) is 0 Å². The van der Waals surface area contributed by atoms with Crippen LogP contribution in [0.4, 0.5) is 5.69 Å². The Balaban J connectivity index is 1.82. The SMILES string of the molecule is CC(=Nc1c(C)cccc1C)c1cccc(-c2nc3ccccc3n2C(C)C)n1. The van der Waals surface area contributed by atoms with Crippen molar-refractivity contribution in [3.05, 3.63) is 77.5 Å². The molecule has 2 aromatic carbocycles. The van der Waals surface area contributed by atoms with Crippen molar-refractivity contribution < 1.29 is 0 Å². The standard InChI is InChI=1S/C25H26N4/c1-16(2)29-23-15-7-6-12-21(23)28-25(29)22-14-9-13-20(27-22)19(5)26-24-17(3)10-8-11-18(24)4/h6-16H,1-5H3. The number of aromatic nitrogens is 3. The lowest BCUT2D eigenvalue weighted by atomic mass is 10.1. The van der Waals surface area contributed by atoms with Crippen LogP contribution in [0.1, 0.15) is 43.6 Å². The Hall–Kier alpha value is -3.27. The molecular weight excluding hydrogens is 356 g/mol. The minimum atomic E-state index is 0.284. The lowest BCUT2D eigenvalue weighted by Gasteiger charge is -2.13. The van der Waals surface area contributed by atoms with E-state index in [-0.39, 0.29) is 6.04 Å². The molecule has 0 saturated carbocycles. The monoisotopic (exact) mass is 382 g/mol. The van der Waals surface area contributed by atoms with E-state index in [4.69, 9.17) is 15.0 Å². The van der Waals surface area contributed by atoms with Gasteiger partial charge in [0.25, 0.3) is 0 Å². The summed E-state index contributed by atoms with van der Waals surface area (Å²) < 4.78 is 2.25. The number of nitrogens with zero attached hydrogens (tertiary/aromatic N) is 4. The first-order valence-corrected chi connectivity index (χ1v) is 10.0. The number of hydrogen-bond acceptors (Lipinski definition) is 3. The number of aliphatic imine (C=N–C) groups is 1. The van der Waals surface area contributed by atoms with Gasteiger partial charge in [0.15, 0.2) is 5.82 Å². The van der Waals surface area contributed by atoms with Gasteiger partial charge in [0, 0.05) is 6.04 Å². The summed E-state index contributed by atoms with van der Waals surface area (Å²) in [6, 6.07) is 20.8. The second-order valence-corrected chi connectivity index (χ2v) is 7.73. The highest BCUT2D eigenvalue weighted by Gasteiger charge is 2.16. The quantitative estimate of drug-likeness (QED) is 0.381. The molecule has 0 N–H and O–H groups in total. The first-order chi connectivity index (χ1) is 14.0. The molecule has 0 radical (unpaired) electrons. The van der Waals surface area contributed by atoms with Gasteiger partial charge in [-0.15, -0.1) is 0 Å². The molecule has 0 aliphatic rings. The van der Waals surface area contributed by atoms with Gasteiger partial charge < -0.3 is 4.57 Å². The smallest absolute Gasteiger partial charge is 0.160 e. The molecule has 0 saturated heterocycles. The highest BCUT2D eigenvalue weighted by atomic mass is 15.1. The van der Waals surface area contributed by atoms with Gasteiger partial charge in [-0.1, -0.05) is 36.4 Å². The Labute approximate surface area is 172 Å². The molecule has 2 aromatic heterocycles. The van der Waals surface area contributed by atoms with Crippen molar-refractivity contribution in [1.82, 2.24) is 14.5 Å². The van der Waals surface area contributed by atoms with Crippen molar-refractivity contribution in [2.24, 2.45) is 4.99 Å². The topological polar surface area (TPSA) is 43.1 Å². The zero-order chi connectivity index (χ0) is 20.5. The minimum absolute atomic E-state index is 0.284. The van der Waals surface area contributed by atoms with Crippen LogP contribution in [-0.2, 0) is 0 Å². The van der Waals surface area contributed by atoms with Crippen LogP contribution in [0.5, 0.6) is 0 Å². The van der Waals surface area contributed by atoms with Crippen molar-refractivity contribution in [2.75, 3.05) is 0 Å². The predicted octanol–water partition coefficient (Wildman–Crippen LogP) is 6.44. The number of pyridine rings is 1. The molecule has 0 atom stereocenters. The van der Waals surface area contributed by atoms with E-state index in [0.717, 1.165) is 39.6 Å². The largest absolute Gasteiger partial charge is 0.320 e. The molecule has 4 rings (SSSR count). The van der Waals surface area contributed by atoms with Crippen LogP contribution < -0.4 is 0 Å². The maximum atomic E-state index is 4.92. The van der Waals surface area contributed by atoms with E-state index in [1.165, 1.54) is 11.1 Å². The highest BCUT2D eigenvalue weighted by molar-refractivity contribution is 5.99. The normalized spacial score (nSPS) is 12.1. The van der Waals surface area contributed by atoms with E-state index < -0.39 is 0 Å². The number of para-hydroxylation sites is 3. The first-order valence-electron chi connectivity index (χ1n) is 10.0. The molecule has 0 spiro atoms. The van der Waals surface area contributed by atoms with Crippen LogP contribution in [0.15, 0.2) is 65.7 Å². The molecule has 0 aliphatic carbocycles. The summed E-state index contributed by atoms with van der Waals surface area (Å²) in [5.74, 6) is 0.892. The summed E-state index contributed by atoms with van der Waals surface area (Å²) in [4.78, 5) is 14.7.